The van der Waals surface area contributed by atoms with Crippen molar-refractivity contribution in [2.75, 3.05) is 5.32 Å². The summed E-state index contributed by atoms with van der Waals surface area (Å²) in [4.78, 5) is 12.4. The number of hydrogen-bond donors (Lipinski definition) is 1. The molecule has 0 atom stereocenters. The molecular weight excluding hydrogens is 454 g/mol. The van der Waals surface area contributed by atoms with Crippen molar-refractivity contribution in [3.05, 3.63) is 62.6 Å². The van der Waals surface area contributed by atoms with E-state index in [1.165, 1.54) is 6.92 Å². The molecule has 3 rings (SSSR count). The molecule has 0 fully saturated rings. The number of halogens is 5. The summed E-state index contributed by atoms with van der Waals surface area (Å²) in [5.41, 5.74) is 1.98. The highest BCUT2D eigenvalue weighted by Crippen LogP contribution is 2.35. The molecule has 0 aliphatic heterocycles. The van der Waals surface area contributed by atoms with Crippen LogP contribution in [-0.4, -0.2) is 25.5 Å². The smallest absolute Gasteiger partial charge is 0.323 e. The van der Waals surface area contributed by atoms with Crippen LogP contribution in [0.5, 0.6) is 0 Å². The number of aromatic nitrogens is 4. The van der Waals surface area contributed by atoms with E-state index < -0.39 is 16.9 Å². The van der Waals surface area contributed by atoms with Gasteiger partial charge in [-0.15, -0.1) is 0 Å². The van der Waals surface area contributed by atoms with Gasteiger partial charge in [0.25, 0.3) is 0 Å². The van der Waals surface area contributed by atoms with Gasteiger partial charge in [-0.1, -0.05) is 35.3 Å². The van der Waals surface area contributed by atoms with Crippen molar-refractivity contribution in [1.82, 2.24) is 19.6 Å². The van der Waals surface area contributed by atoms with Crippen LogP contribution in [0.4, 0.5) is 18.9 Å². The molecule has 11 heteroatoms. The molecule has 2 heterocycles. The number of anilines is 1. The molecule has 1 aromatic carbocycles. The Hall–Kier alpha value is -2.52. The van der Waals surface area contributed by atoms with E-state index >= 15 is 0 Å². The summed E-state index contributed by atoms with van der Waals surface area (Å²) in [6, 6.07) is 7.37. The van der Waals surface area contributed by atoms with Gasteiger partial charge in [-0.3, -0.25) is 14.2 Å². The first-order valence-electron chi connectivity index (χ1n) is 9.35. The lowest BCUT2D eigenvalue weighted by Gasteiger charge is -2.08. The lowest BCUT2D eigenvalue weighted by molar-refractivity contribution is -0.141. The normalized spacial score (nSPS) is 11.7. The predicted octanol–water partition coefficient (Wildman–Crippen LogP) is 5.41. The molecule has 3 aromatic rings. The maximum absolute atomic E-state index is 12.9. The lowest BCUT2D eigenvalue weighted by Crippen LogP contribution is -2.17. The quantitative estimate of drug-likeness (QED) is 0.520. The SMILES string of the molecule is Cc1nn(Cc2ccc(Cl)cc2)c(C)c1NC(=O)CCn1nc(C(F)(F)F)c(Cl)c1C. The van der Waals surface area contributed by atoms with Crippen molar-refractivity contribution < 1.29 is 18.0 Å². The molecule has 0 radical (unpaired) electrons. The van der Waals surface area contributed by atoms with Gasteiger partial charge in [0.15, 0.2) is 5.69 Å². The minimum atomic E-state index is -4.65. The second-order valence-electron chi connectivity index (χ2n) is 7.10. The zero-order chi connectivity index (χ0) is 22.9. The highest BCUT2D eigenvalue weighted by Gasteiger charge is 2.38. The van der Waals surface area contributed by atoms with E-state index in [0.717, 1.165) is 15.9 Å². The number of alkyl halides is 3. The molecule has 0 aliphatic carbocycles. The summed E-state index contributed by atoms with van der Waals surface area (Å²) in [6.07, 6.45) is -4.72. The van der Waals surface area contributed by atoms with Crippen LogP contribution in [0, 0.1) is 20.8 Å². The summed E-state index contributed by atoms with van der Waals surface area (Å²) >= 11 is 11.7. The molecule has 0 saturated carbocycles. The summed E-state index contributed by atoms with van der Waals surface area (Å²) in [5.74, 6) is -0.364. The number of amides is 1. The first kappa shape index (κ1) is 23.1. The van der Waals surface area contributed by atoms with Gasteiger partial charge in [0.05, 0.1) is 40.9 Å². The van der Waals surface area contributed by atoms with Gasteiger partial charge < -0.3 is 5.32 Å². The van der Waals surface area contributed by atoms with Gasteiger partial charge in [0.1, 0.15) is 0 Å². The first-order valence-corrected chi connectivity index (χ1v) is 10.1. The zero-order valence-electron chi connectivity index (χ0n) is 17.0. The number of aryl methyl sites for hydroxylation is 2. The summed E-state index contributed by atoms with van der Waals surface area (Å²) in [6.45, 7) is 5.50. The average Bonchev–Trinajstić information content (AvgIpc) is 3.12. The van der Waals surface area contributed by atoms with Crippen LogP contribution in [0.15, 0.2) is 24.3 Å². The minimum absolute atomic E-state index is 0.0372. The largest absolute Gasteiger partial charge is 0.436 e. The Bertz CT molecular complexity index is 1100. The third-order valence-corrected chi connectivity index (χ3v) is 5.55. The molecular formula is C20H20Cl2F3N5O. The molecule has 6 nitrogen and oxygen atoms in total. The van der Waals surface area contributed by atoms with E-state index in [0.29, 0.717) is 22.9 Å². The fourth-order valence-corrected chi connectivity index (χ4v) is 3.50. The summed E-state index contributed by atoms with van der Waals surface area (Å²) < 4.78 is 41.7. The molecule has 2 aromatic heterocycles. The van der Waals surface area contributed by atoms with Crippen LogP contribution < -0.4 is 5.32 Å². The van der Waals surface area contributed by atoms with Crippen LogP contribution >= 0.6 is 23.2 Å². The maximum atomic E-state index is 12.9. The molecule has 1 amide bonds. The number of carbonyl (C=O) groups excluding carboxylic acids is 1. The number of benzene rings is 1. The van der Waals surface area contributed by atoms with Gasteiger partial charge in [-0.2, -0.15) is 23.4 Å². The Morgan fingerprint density at radius 3 is 2.26 bits per heavy atom. The second-order valence-corrected chi connectivity index (χ2v) is 7.91. The highest BCUT2D eigenvalue weighted by molar-refractivity contribution is 6.32. The van der Waals surface area contributed by atoms with E-state index in [-0.39, 0.29) is 24.6 Å². The fraction of sp³-hybridized carbons (Fsp3) is 0.350. The third-order valence-electron chi connectivity index (χ3n) is 4.84. The topological polar surface area (TPSA) is 64.7 Å². The predicted molar refractivity (Wildman–Crippen MR) is 112 cm³/mol. The second kappa shape index (κ2) is 8.92. The lowest BCUT2D eigenvalue weighted by atomic mass is 10.2. The summed E-state index contributed by atoms with van der Waals surface area (Å²) in [7, 11) is 0. The van der Waals surface area contributed by atoms with Crippen molar-refractivity contribution in [2.45, 2.75) is 46.5 Å². The van der Waals surface area contributed by atoms with Gasteiger partial charge in [0.2, 0.25) is 5.91 Å². The number of nitrogens with zero attached hydrogens (tertiary/aromatic N) is 4. The van der Waals surface area contributed by atoms with E-state index in [4.69, 9.17) is 23.2 Å². The molecule has 0 aliphatic rings. The Kier molecular flexibility index (Phi) is 6.66. The van der Waals surface area contributed by atoms with Crippen LogP contribution in [0.1, 0.15) is 34.8 Å². The third kappa shape index (κ3) is 5.22. The fourth-order valence-electron chi connectivity index (χ4n) is 3.13. The maximum Gasteiger partial charge on any atom is 0.436 e. The van der Waals surface area contributed by atoms with Gasteiger partial charge >= 0.3 is 6.18 Å². The minimum Gasteiger partial charge on any atom is -0.323 e. The van der Waals surface area contributed by atoms with Crippen LogP contribution in [0.25, 0.3) is 0 Å². The monoisotopic (exact) mass is 473 g/mol. The Balaban J connectivity index is 1.67. The highest BCUT2D eigenvalue weighted by atomic mass is 35.5. The number of carbonyl (C=O) groups is 1. The molecule has 0 spiro atoms. The van der Waals surface area contributed by atoms with Gasteiger partial charge in [-0.05, 0) is 38.5 Å². The van der Waals surface area contributed by atoms with Crippen molar-refractivity contribution in [3.8, 4) is 0 Å². The van der Waals surface area contributed by atoms with Crippen molar-refractivity contribution >= 4 is 34.8 Å². The Morgan fingerprint density at radius 1 is 1.03 bits per heavy atom. The van der Waals surface area contributed by atoms with Gasteiger partial charge in [0, 0.05) is 11.4 Å². The molecule has 0 saturated heterocycles. The summed E-state index contributed by atoms with van der Waals surface area (Å²) in [5, 5.41) is 10.9. The Morgan fingerprint density at radius 2 is 1.68 bits per heavy atom. The molecule has 1 N–H and O–H groups in total. The van der Waals surface area contributed by atoms with Gasteiger partial charge in [-0.25, -0.2) is 0 Å². The van der Waals surface area contributed by atoms with E-state index in [9.17, 15) is 18.0 Å². The van der Waals surface area contributed by atoms with E-state index in [1.54, 1.807) is 23.7 Å². The number of rotatable bonds is 6. The average molecular weight is 474 g/mol. The van der Waals surface area contributed by atoms with Crippen LogP contribution in [0.3, 0.4) is 0 Å². The Labute approximate surface area is 186 Å². The standard InChI is InChI=1S/C20H20Cl2F3N5O/c1-11-18(13(3)30(27-11)10-14-4-6-15(21)7-5-14)26-16(31)8-9-29-12(2)17(22)19(28-29)20(23,24)25/h4-7H,8-10H2,1-3H3,(H,26,31). The van der Waals surface area contributed by atoms with E-state index in [1.807, 2.05) is 19.1 Å². The first-order chi connectivity index (χ1) is 14.5. The number of hydrogen-bond acceptors (Lipinski definition) is 3. The van der Waals surface area contributed by atoms with Crippen molar-refractivity contribution in [3.63, 3.8) is 0 Å². The molecule has 31 heavy (non-hydrogen) atoms. The zero-order valence-corrected chi connectivity index (χ0v) is 18.5. The van der Waals surface area contributed by atoms with Crippen LogP contribution in [-0.2, 0) is 24.1 Å². The molecule has 0 unspecified atom stereocenters. The number of nitrogens with one attached hydrogen (secondary N) is 1. The van der Waals surface area contributed by atoms with Crippen molar-refractivity contribution in [2.24, 2.45) is 0 Å². The van der Waals surface area contributed by atoms with Crippen LogP contribution in [0.2, 0.25) is 10.0 Å². The molecule has 166 valence electrons. The van der Waals surface area contributed by atoms with Crippen molar-refractivity contribution in [1.29, 1.82) is 0 Å². The van der Waals surface area contributed by atoms with E-state index in [2.05, 4.69) is 15.5 Å². The molecule has 0 bridgehead atoms.